The number of carbonyl (C=O) groups is 3. The van der Waals surface area contributed by atoms with Gasteiger partial charge in [-0.3, -0.25) is 14.4 Å². The second-order valence-corrected chi connectivity index (χ2v) is 7.14. The van der Waals surface area contributed by atoms with E-state index in [-0.39, 0.29) is 30.3 Å². The molecule has 2 N–H and O–H groups in total. The van der Waals surface area contributed by atoms with E-state index in [0.717, 1.165) is 0 Å². The lowest BCUT2D eigenvalue weighted by atomic mass is 9.92. The summed E-state index contributed by atoms with van der Waals surface area (Å²) in [6.45, 7) is 0.674. The molecule has 4 rings (SSSR count). The van der Waals surface area contributed by atoms with Gasteiger partial charge in [0.05, 0.1) is 6.10 Å². The summed E-state index contributed by atoms with van der Waals surface area (Å²) in [7, 11) is 1.81. The zero-order valence-corrected chi connectivity index (χ0v) is 14.1. The average Bonchev–Trinajstić information content (AvgIpc) is 3.18. The van der Waals surface area contributed by atoms with Crippen molar-refractivity contribution in [1.82, 2.24) is 19.7 Å². The highest BCUT2D eigenvalue weighted by Crippen LogP contribution is 2.31. The quantitative estimate of drug-likeness (QED) is 0.725. The Hall–Kier alpha value is -2.35. The second kappa shape index (κ2) is 5.87. The minimum absolute atomic E-state index is 0.0756. The van der Waals surface area contributed by atoms with E-state index in [1.54, 1.807) is 34.8 Å². The number of fused-ring (bicyclic) bond motifs is 2. The number of piperidine rings is 1. The van der Waals surface area contributed by atoms with Crippen molar-refractivity contribution in [3.8, 4) is 0 Å². The van der Waals surface area contributed by atoms with E-state index in [1.165, 1.54) is 4.90 Å². The molecule has 3 aliphatic rings. The number of piperazine rings is 1. The summed E-state index contributed by atoms with van der Waals surface area (Å²) in [6.07, 6.45) is 2.54. The molecule has 1 aromatic rings. The van der Waals surface area contributed by atoms with Crippen molar-refractivity contribution in [2.75, 3.05) is 13.1 Å². The molecule has 3 aliphatic heterocycles. The van der Waals surface area contributed by atoms with E-state index in [1.807, 2.05) is 0 Å². The summed E-state index contributed by atoms with van der Waals surface area (Å²) in [5.41, 5.74) is 0.566. The number of aliphatic hydroxyl groups is 1. The molecule has 3 saturated heterocycles. The molecule has 4 heterocycles. The molecule has 0 aliphatic carbocycles. The Morgan fingerprint density at radius 2 is 1.92 bits per heavy atom. The molecule has 0 spiro atoms. The predicted octanol–water partition coefficient (Wildman–Crippen LogP) is -0.910. The highest BCUT2D eigenvalue weighted by Gasteiger charge is 2.51. The zero-order chi connectivity index (χ0) is 17.7. The van der Waals surface area contributed by atoms with Crippen molar-refractivity contribution in [1.29, 1.82) is 0 Å². The number of nitrogens with zero attached hydrogens (tertiary/aromatic N) is 3. The standard InChI is InChI=1S/C17H22N4O4/c1-19-5-2-3-12(19)15(23)18-10-4-6-20-13(7-10)17(25)21-9-11(22)8-14(21)16(20)24/h2-3,5,10-11,13-14,22H,4,6-9H2,1H3,(H,18,23). The van der Waals surface area contributed by atoms with Crippen molar-refractivity contribution < 1.29 is 19.5 Å². The Balaban J connectivity index is 1.47. The molecular formula is C17H22N4O4. The van der Waals surface area contributed by atoms with Gasteiger partial charge in [0.15, 0.2) is 0 Å². The Kier molecular flexibility index (Phi) is 3.79. The highest BCUT2D eigenvalue weighted by atomic mass is 16.3. The summed E-state index contributed by atoms with van der Waals surface area (Å²) in [5, 5.41) is 12.8. The van der Waals surface area contributed by atoms with Gasteiger partial charge in [-0.05, 0) is 25.0 Å². The maximum absolute atomic E-state index is 12.8. The first-order chi connectivity index (χ1) is 12.0. The van der Waals surface area contributed by atoms with Crippen LogP contribution in [0.3, 0.4) is 0 Å². The smallest absolute Gasteiger partial charge is 0.268 e. The Bertz CT molecular complexity index is 730. The molecular weight excluding hydrogens is 324 g/mol. The number of aryl methyl sites for hydroxylation is 1. The van der Waals surface area contributed by atoms with Crippen LogP contribution in [0.15, 0.2) is 18.3 Å². The van der Waals surface area contributed by atoms with Gasteiger partial charge in [-0.1, -0.05) is 0 Å². The van der Waals surface area contributed by atoms with Crippen LogP contribution in [0, 0.1) is 0 Å². The molecule has 134 valence electrons. The lowest BCUT2D eigenvalue weighted by Gasteiger charge is -2.46. The number of aliphatic hydroxyl groups excluding tert-OH is 1. The van der Waals surface area contributed by atoms with Crippen molar-refractivity contribution in [3.05, 3.63) is 24.0 Å². The molecule has 0 aromatic carbocycles. The normalized spacial score (nSPS) is 31.8. The summed E-state index contributed by atoms with van der Waals surface area (Å²) < 4.78 is 1.75. The third kappa shape index (κ3) is 2.60. The molecule has 3 amide bonds. The lowest BCUT2D eigenvalue weighted by Crippen LogP contribution is -2.66. The molecule has 4 unspecified atom stereocenters. The molecule has 4 atom stereocenters. The van der Waals surface area contributed by atoms with Gasteiger partial charge in [0.2, 0.25) is 11.8 Å². The monoisotopic (exact) mass is 346 g/mol. The van der Waals surface area contributed by atoms with Gasteiger partial charge >= 0.3 is 0 Å². The van der Waals surface area contributed by atoms with Crippen LogP contribution >= 0.6 is 0 Å². The molecule has 8 nitrogen and oxygen atoms in total. The van der Waals surface area contributed by atoms with E-state index in [2.05, 4.69) is 5.32 Å². The van der Waals surface area contributed by atoms with Crippen molar-refractivity contribution in [3.63, 3.8) is 0 Å². The maximum Gasteiger partial charge on any atom is 0.268 e. The van der Waals surface area contributed by atoms with Crippen LogP contribution in [0.2, 0.25) is 0 Å². The van der Waals surface area contributed by atoms with Gasteiger partial charge in [0, 0.05) is 38.8 Å². The van der Waals surface area contributed by atoms with Crippen LogP contribution < -0.4 is 5.32 Å². The highest BCUT2D eigenvalue weighted by molar-refractivity contribution is 5.98. The van der Waals surface area contributed by atoms with Crippen LogP contribution in [-0.4, -0.2) is 74.5 Å². The van der Waals surface area contributed by atoms with Crippen LogP contribution in [-0.2, 0) is 16.6 Å². The molecule has 8 heteroatoms. The third-order valence-electron chi connectivity index (χ3n) is 5.53. The fraction of sp³-hybridized carbons (Fsp3) is 0.588. The fourth-order valence-electron chi connectivity index (χ4n) is 4.23. The van der Waals surface area contributed by atoms with Crippen molar-refractivity contribution >= 4 is 17.7 Å². The number of rotatable bonds is 2. The summed E-state index contributed by atoms with van der Waals surface area (Å²) in [5.74, 6) is -0.359. The Morgan fingerprint density at radius 1 is 1.20 bits per heavy atom. The van der Waals surface area contributed by atoms with E-state index < -0.39 is 18.2 Å². The van der Waals surface area contributed by atoms with E-state index in [0.29, 0.717) is 31.5 Å². The number of hydrogen-bond donors (Lipinski definition) is 2. The molecule has 0 radical (unpaired) electrons. The minimum atomic E-state index is -0.632. The molecule has 3 fully saturated rings. The average molecular weight is 346 g/mol. The summed E-state index contributed by atoms with van der Waals surface area (Å²) in [6, 6.07) is 2.34. The molecule has 25 heavy (non-hydrogen) atoms. The summed E-state index contributed by atoms with van der Waals surface area (Å²) >= 11 is 0. The molecule has 1 aromatic heterocycles. The number of nitrogens with one attached hydrogen (secondary N) is 1. The van der Waals surface area contributed by atoms with Crippen molar-refractivity contribution in [2.24, 2.45) is 7.05 Å². The molecule has 0 saturated carbocycles. The first-order valence-corrected chi connectivity index (χ1v) is 8.67. The van der Waals surface area contributed by atoms with Crippen LogP contribution in [0.25, 0.3) is 0 Å². The van der Waals surface area contributed by atoms with Crippen LogP contribution in [0.4, 0.5) is 0 Å². The second-order valence-electron chi connectivity index (χ2n) is 7.14. The van der Waals surface area contributed by atoms with Gasteiger partial charge < -0.3 is 24.8 Å². The Morgan fingerprint density at radius 3 is 2.64 bits per heavy atom. The fourth-order valence-corrected chi connectivity index (χ4v) is 4.23. The number of amides is 3. The largest absolute Gasteiger partial charge is 0.391 e. The first kappa shape index (κ1) is 16.1. The van der Waals surface area contributed by atoms with Gasteiger partial charge in [0.1, 0.15) is 17.8 Å². The van der Waals surface area contributed by atoms with Gasteiger partial charge in [0.25, 0.3) is 5.91 Å². The Labute approximate surface area is 145 Å². The minimum Gasteiger partial charge on any atom is -0.391 e. The predicted molar refractivity (Wildman–Crippen MR) is 87.5 cm³/mol. The van der Waals surface area contributed by atoms with E-state index in [4.69, 9.17) is 0 Å². The van der Waals surface area contributed by atoms with E-state index >= 15 is 0 Å². The first-order valence-electron chi connectivity index (χ1n) is 8.67. The maximum atomic E-state index is 12.8. The van der Waals surface area contributed by atoms with Crippen LogP contribution in [0.1, 0.15) is 29.8 Å². The summed E-state index contributed by atoms with van der Waals surface area (Å²) in [4.78, 5) is 40.9. The molecule has 0 bridgehead atoms. The SMILES string of the molecule is Cn1cccc1C(=O)NC1CCN2C(=O)C3CC(O)CN3C(=O)C2C1. The zero-order valence-electron chi connectivity index (χ0n) is 14.1. The lowest BCUT2D eigenvalue weighted by molar-refractivity contribution is -0.161. The van der Waals surface area contributed by atoms with Gasteiger partial charge in [-0.2, -0.15) is 0 Å². The van der Waals surface area contributed by atoms with Gasteiger partial charge in [-0.25, -0.2) is 0 Å². The number of aromatic nitrogens is 1. The third-order valence-corrected chi connectivity index (χ3v) is 5.53. The van der Waals surface area contributed by atoms with Crippen LogP contribution in [0.5, 0.6) is 0 Å². The van der Waals surface area contributed by atoms with Crippen molar-refractivity contribution in [2.45, 2.75) is 43.5 Å². The van der Waals surface area contributed by atoms with E-state index in [9.17, 15) is 19.5 Å². The number of hydrogen-bond acceptors (Lipinski definition) is 4. The number of carbonyl (C=O) groups excluding carboxylic acids is 3. The van der Waals surface area contributed by atoms with Gasteiger partial charge in [-0.15, -0.1) is 0 Å². The topological polar surface area (TPSA) is 94.9 Å².